The summed E-state index contributed by atoms with van der Waals surface area (Å²) >= 11 is 2.27. The van der Waals surface area contributed by atoms with Crippen LogP contribution in [0.2, 0.25) is 0 Å². The number of likely N-dealkylation sites (tertiary alicyclic amines) is 1. The number of piperidine rings is 1. The Kier molecular flexibility index (Phi) is 3.96. The number of benzene rings is 1. The summed E-state index contributed by atoms with van der Waals surface area (Å²) in [5.74, 6) is 0.746. The topological polar surface area (TPSA) is 32.3 Å². The smallest absolute Gasteiger partial charge is 0.321 e. The Hall–Kier alpha value is -0.780. The molecule has 0 bridgehead atoms. The molecule has 1 saturated carbocycles. The fourth-order valence-corrected chi connectivity index (χ4v) is 4.01. The number of hydrogen-bond donors (Lipinski definition) is 1. The zero-order chi connectivity index (χ0) is 13.2. The molecule has 1 heterocycles. The summed E-state index contributed by atoms with van der Waals surface area (Å²) in [5, 5.41) is 3.05. The van der Waals surface area contributed by atoms with Crippen molar-refractivity contribution in [3.8, 4) is 0 Å². The number of amides is 2. The van der Waals surface area contributed by atoms with Crippen molar-refractivity contribution in [2.75, 3.05) is 11.9 Å². The summed E-state index contributed by atoms with van der Waals surface area (Å²) in [5.41, 5.74) is 0.900. The highest BCUT2D eigenvalue weighted by molar-refractivity contribution is 14.1. The van der Waals surface area contributed by atoms with Gasteiger partial charge in [-0.1, -0.05) is 12.5 Å². The van der Waals surface area contributed by atoms with Gasteiger partial charge in [0.25, 0.3) is 0 Å². The summed E-state index contributed by atoms with van der Waals surface area (Å²) in [6, 6.07) is 8.54. The van der Waals surface area contributed by atoms with E-state index >= 15 is 0 Å². The second-order valence-electron chi connectivity index (χ2n) is 5.53. The number of urea groups is 1. The van der Waals surface area contributed by atoms with E-state index in [1.807, 2.05) is 24.3 Å². The van der Waals surface area contributed by atoms with Crippen molar-refractivity contribution >= 4 is 34.3 Å². The Morgan fingerprint density at radius 3 is 2.95 bits per heavy atom. The Bertz CT molecular complexity index is 477. The molecule has 1 saturated heterocycles. The third-order valence-corrected chi connectivity index (χ3v) is 5.00. The van der Waals surface area contributed by atoms with Gasteiger partial charge in [0.05, 0.1) is 0 Å². The van der Waals surface area contributed by atoms with Crippen molar-refractivity contribution in [3.63, 3.8) is 0 Å². The molecule has 19 heavy (non-hydrogen) atoms. The number of halogens is 1. The van der Waals surface area contributed by atoms with Gasteiger partial charge >= 0.3 is 6.03 Å². The number of anilines is 1. The molecule has 1 N–H and O–H groups in total. The molecule has 1 aliphatic carbocycles. The van der Waals surface area contributed by atoms with Crippen molar-refractivity contribution in [2.24, 2.45) is 5.92 Å². The monoisotopic (exact) mass is 370 g/mol. The highest BCUT2D eigenvalue weighted by atomic mass is 127. The predicted octanol–water partition coefficient (Wildman–Crippen LogP) is 4.09. The van der Waals surface area contributed by atoms with Gasteiger partial charge in [-0.25, -0.2) is 4.79 Å². The number of carbonyl (C=O) groups excluding carboxylic acids is 1. The van der Waals surface area contributed by atoms with E-state index in [2.05, 4.69) is 32.8 Å². The highest BCUT2D eigenvalue weighted by Gasteiger charge is 2.37. The zero-order valence-corrected chi connectivity index (χ0v) is 13.1. The Morgan fingerprint density at radius 1 is 1.26 bits per heavy atom. The molecule has 1 aromatic carbocycles. The van der Waals surface area contributed by atoms with Crippen LogP contribution in [0.1, 0.15) is 32.1 Å². The van der Waals surface area contributed by atoms with E-state index in [9.17, 15) is 4.79 Å². The number of hydrogen-bond acceptors (Lipinski definition) is 1. The average molecular weight is 370 g/mol. The van der Waals surface area contributed by atoms with Gasteiger partial charge in [-0.15, -0.1) is 0 Å². The maximum absolute atomic E-state index is 12.4. The van der Waals surface area contributed by atoms with Crippen LogP contribution in [-0.2, 0) is 0 Å². The van der Waals surface area contributed by atoms with Crippen LogP contribution in [0.5, 0.6) is 0 Å². The van der Waals surface area contributed by atoms with Crippen LogP contribution in [0, 0.1) is 9.49 Å². The van der Waals surface area contributed by atoms with Gasteiger partial charge in [-0.05, 0) is 72.4 Å². The summed E-state index contributed by atoms with van der Waals surface area (Å²) < 4.78 is 1.15. The minimum absolute atomic E-state index is 0.0820. The second-order valence-corrected chi connectivity index (χ2v) is 6.78. The molecule has 3 nitrogen and oxygen atoms in total. The minimum atomic E-state index is 0.0820. The first-order valence-electron chi connectivity index (χ1n) is 7.07. The predicted molar refractivity (Wildman–Crippen MR) is 85.2 cm³/mol. The van der Waals surface area contributed by atoms with E-state index in [4.69, 9.17) is 0 Å². The molecule has 0 aromatic heterocycles. The summed E-state index contributed by atoms with van der Waals surface area (Å²) in [7, 11) is 0. The number of nitrogens with zero attached hydrogens (tertiary/aromatic N) is 1. The van der Waals surface area contributed by atoms with E-state index in [0.29, 0.717) is 6.04 Å². The van der Waals surface area contributed by atoms with Crippen molar-refractivity contribution in [3.05, 3.63) is 27.8 Å². The normalized spacial score (nSPS) is 26.1. The molecule has 2 atom stereocenters. The summed E-state index contributed by atoms with van der Waals surface area (Å²) in [4.78, 5) is 14.5. The largest absolute Gasteiger partial charge is 0.322 e. The molecule has 2 aliphatic rings. The molecule has 0 spiro atoms. The van der Waals surface area contributed by atoms with Gasteiger partial charge < -0.3 is 10.2 Å². The standard InChI is InChI=1S/C15H19IN2O/c16-12-6-2-7-13(10-12)17-15(19)18-9-3-5-11-4-1-8-14(11)18/h2,6-7,10-11,14H,1,3-5,8-9H2,(H,17,19)/t11-,14-/m1/s1. The molecule has 2 amide bonds. The fraction of sp³-hybridized carbons (Fsp3) is 0.533. The molecule has 4 heteroatoms. The molecule has 2 fully saturated rings. The lowest BCUT2D eigenvalue weighted by Crippen LogP contribution is -2.48. The minimum Gasteiger partial charge on any atom is -0.321 e. The van der Waals surface area contributed by atoms with Crippen molar-refractivity contribution < 1.29 is 4.79 Å². The van der Waals surface area contributed by atoms with Gasteiger partial charge in [-0.3, -0.25) is 0 Å². The maximum Gasteiger partial charge on any atom is 0.322 e. The fourth-order valence-electron chi connectivity index (χ4n) is 3.47. The van der Waals surface area contributed by atoms with Crippen LogP contribution < -0.4 is 5.32 Å². The third kappa shape index (κ3) is 2.88. The van der Waals surface area contributed by atoms with Gasteiger partial charge in [-0.2, -0.15) is 0 Å². The highest BCUT2D eigenvalue weighted by Crippen LogP contribution is 2.36. The first-order valence-corrected chi connectivity index (χ1v) is 8.15. The zero-order valence-electron chi connectivity index (χ0n) is 10.9. The summed E-state index contributed by atoms with van der Waals surface area (Å²) in [6.45, 7) is 0.914. The molecule has 0 radical (unpaired) electrons. The van der Waals surface area contributed by atoms with E-state index in [-0.39, 0.29) is 6.03 Å². The third-order valence-electron chi connectivity index (χ3n) is 4.33. The number of fused-ring (bicyclic) bond motifs is 1. The lowest BCUT2D eigenvalue weighted by atomic mass is 9.92. The molecule has 1 aromatic rings. The van der Waals surface area contributed by atoms with Gasteiger partial charge in [0.2, 0.25) is 0 Å². The first-order chi connectivity index (χ1) is 9.24. The number of carbonyl (C=O) groups is 1. The van der Waals surface area contributed by atoms with Crippen LogP contribution in [0.25, 0.3) is 0 Å². The maximum atomic E-state index is 12.4. The number of rotatable bonds is 1. The van der Waals surface area contributed by atoms with Crippen molar-refractivity contribution in [1.29, 1.82) is 0 Å². The Balaban J connectivity index is 1.69. The number of nitrogens with one attached hydrogen (secondary N) is 1. The lowest BCUT2D eigenvalue weighted by molar-refractivity contribution is 0.138. The van der Waals surface area contributed by atoms with Crippen LogP contribution >= 0.6 is 22.6 Å². The second kappa shape index (κ2) is 5.69. The molecular formula is C15H19IN2O. The SMILES string of the molecule is O=C(Nc1cccc(I)c1)N1CCC[C@H]2CCC[C@H]21. The van der Waals surface area contributed by atoms with Crippen LogP contribution in [0.3, 0.4) is 0 Å². The summed E-state index contributed by atoms with van der Waals surface area (Å²) in [6.07, 6.45) is 6.23. The molecule has 0 unspecified atom stereocenters. The first kappa shape index (κ1) is 13.2. The van der Waals surface area contributed by atoms with E-state index in [0.717, 1.165) is 28.1 Å². The van der Waals surface area contributed by atoms with Gasteiger partial charge in [0.15, 0.2) is 0 Å². The van der Waals surface area contributed by atoms with Gasteiger partial charge in [0, 0.05) is 21.8 Å². The quantitative estimate of drug-likeness (QED) is 0.743. The van der Waals surface area contributed by atoms with Crippen LogP contribution in [0.15, 0.2) is 24.3 Å². The van der Waals surface area contributed by atoms with Gasteiger partial charge in [0.1, 0.15) is 0 Å². The van der Waals surface area contributed by atoms with Crippen LogP contribution in [-0.4, -0.2) is 23.5 Å². The average Bonchev–Trinajstić information content (AvgIpc) is 2.86. The molecule has 102 valence electrons. The van der Waals surface area contributed by atoms with E-state index in [1.54, 1.807) is 0 Å². The van der Waals surface area contributed by atoms with E-state index in [1.165, 1.54) is 25.7 Å². The molecule has 3 rings (SSSR count). The van der Waals surface area contributed by atoms with Crippen molar-refractivity contribution in [1.82, 2.24) is 4.90 Å². The molecule has 1 aliphatic heterocycles. The molecular weight excluding hydrogens is 351 g/mol. The Labute approximate surface area is 127 Å². The Morgan fingerprint density at radius 2 is 2.11 bits per heavy atom. The van der Waals surface area contributed by atoms with Crippen LogP contribution in [0.4, 0.5) is 10.5 Å². The van der Waals surface area contributed by atoms with Crippen molar-refractivity contribution in [2.45, 2.75) is 38.1 Å². The van der Waals surface area contributed by atoms with E-state index < -0.39 is 0 Å². The lowest BCUT2D eigenvalue weighted by Gasteiger charge is -2.37.